The summed E-state index contributed by atoms with van der Waals surface area (Å²) in [6, 6.07) is 9.63. The largest absolute Gasteiger partial charge is 0.494 e. The van der Waals surface area contributed by atoms with Crippen LogP contribution >= 0.6 is 0 Å². The molecule has 1 amide bonds. The molecular formula is C19H19F2NO5. The van der Waals surface area contributed by atoms with E-state index in [0.717, 1.165) is 12.1 Å². The molecule has 0 saturated heterocycles. The normalized spacial score (nSPS) is 10.2. The number of amides is 1. The van der Waals surface area contributed by atoms with Crippen molar-refractivity contribution in [2.75, 3.05) is 25.1 Å². The Bertz CT molecular complexity index is 780. The van der Waals surface area contributed by atoms with Crippen LogP contribution in [0.15, 0.2) is 42.5 Å². The van der Waals surface area contributed by atoms with Crippen molar-refractivity contribution in [3.8, 4) is 11.5 Å². The molecule has 144 valence electrons. The number of nitrogens with one attached hydrogen (secondary N) is 1. The second kappa shape index (κ2) is 10.1. The zero-order chi connectivity index (χ0) is 19.6. The summed E-state index contributed by atoms with van der Waals surface area (Å²) in [7, 11) is 0. The van der Waals surface area contributed by atoms with Gasteiger partial charge in [-0.1, -0.05) is 0 Å². The third kappa shape index (κ3) is 6.93. The molecule has 0 spiro atoms. The molecule has 1 N–H and O–H groups in total. The van der Waals surface area contributed by atoms with Crippen molar-refractivity contribution in [2.24, 2.45) is 0 Å². The van der Waals surface area contributed by atoms with E-state index in [1.54, 1.807) is 24.3 Å². The van der Waals surface area contributed by atoms with Crippen molar-refractivity contribution in [2.45, 2.75) is 13.3 Å². The van der Waals surface area contributed by atoms with Crippen molar-refractivity contribution in [3.05, 3.63) is 54.1 Å². The number of ether oxygens (including phenoxy) is 3. The Morgan fingerprint density at radius 1 is 1.00 bits per heavy atom. The van der Waals surface area contributed by atoms with E-state index in [2.05, 4.69) is 5.32 Å². The van der Waals surface area contributed by atoms with Gasteiger partial charge in [0.15, 0.2) is 6.61 Å². The van der Waals surface area contributed by atoms with Crippen LogP contribution in [-0.4, -0.2) is 31.7 Å². The van der Waals surface area contributed by atoms with Crippen molar-refractivity contribution < 1.29 is 32.6 Å². The lowest BCUT2D eigenvalue weighted by molar-refractivity contribution is -0.147. The summed E-state index contributed by atoms with van der Waals surface area (Å²) in [4.78, 5) is 23.3. The molecule has 0 heterocycles. The number of halogens is 2. The van der Waals surface area contributed by atoms with E-state index in [9.17, 15) is 18.4 Å². The smallest absolute Gasteiger partial charge is 0.309 e. The minimum atomic E-state index is -0.918. The quantitative estimate of drug-likeness (QED) is 0.677. The van der Waals surface area contributed by atoms with Gasteiger partial charge in [0.25, 0.3) is 5.91 Å². The Morgan fingerprint density at radius 3 is 2.30 bits per heavy atom. The third-order valence-corrected chi connectivity index (χ3v) is 3.28. The summed E-state index contributed by atoms with van der Waals surface area (Å²) in [5, 5.41) is 2.19. The van der Waals surface area contributed by atoms with Gasteiger partial charge in [-0.3, -0.25) is 9.59 Å². The highest BCUT2D eigenvalue weighted by molar-refractivity contribution is 5.92. The van der Waals surface area contributed by atoms with Gasteiger partial charge in [0.05, 0.1) is 25.3 Å². The van der Waals surface area contributed by atoms with Crippen LogP contribution in [0.3, 0.4) is 0 Å². The van der Waals surface area contributed by atoms with Crippen molar-refractivity contribution in [1.29, 1.82) is 0 Å². The van der Waals surface area contributed by atoms with E-state index in [1.165, 1.54) is 0 Å². The maximum Gasteiger partial charge on any atom is 0.309 e. The van der Waals surface area contributed by atoms with Gasteiger partial charge in [0.2, 0.25) is 0 Å². The molecule has 6 nitrogen and oxygen atoms in total. The topological polar surface area (TPSA) is 73.9 Å². The lowest BCUT2D eigenvalue weighted by atomic mass is 10.3. The van der Waals surface area contributed by atoms with Crippen LogP contribution in [0.25, 0.3) is 0 Å². The van der Waals surface area contributed by atoms with Gasteiger partial charge < -0.3 is 19.5 Å². The number of rotatable bonds is 9. The molecule has 0 aliphatic rings. The number of hydrogen-bond acceptors (Lipinski definition) is 5. The van der Waals surface area contributed by atoms with E-state index in [-0.39, 0.29) is 18.7 Å². The number of esters is 1. The number of carbonyl (C=O) groups is 2. The highest BCUT2D eigenvalue weighted by Crippen LogP contribution is 2.17. The summed E-state index contributed by atoms with van der Waals surface area (Å²) >= 11 is 0. The van der Waals surface area contributed by atoms with Crippen molar-refractivity contribution in [3.63, 3.8) is 0 Å². The lowest BCUT2D eigenvalue weighted by Gasteiger charge is -2.09. The van der Waals surface area contributed by atoms with Gasteiger partial charge in [-0.15, -0.1) is 0 Å². The molecule has 2 aromatic rings. The van der Waals surface area contributed by atoms with Gasteiger partial charge in [-0.2, -0.15) is 0 Å². The van der Waals surface area contributed by atoms with E-state index < -0.39 is 30.1 Å². The number of benzene rings is 2. The Kier molecular flexibility index (Phi) is 7.54. The Labute approximate surface area is 155 Å². The Morgan fingerprint density at radius 2 is 1.67 bits per heavy atom. The van der Waals surface area contributed by atoms with Gasteiger partial charge >= 0.3 is 5.97 Å². The Hall–Kier alpha value is -3.16. The van der Waals surface area contributed by atoms with E-state index >= 15 is 0 Å². The van der Waals surface area contributed by atoms with Crippen LogP contribution in [0.1, 0.15) is 13.3 Å². The fourth-order valence-electron chi connectivity index (χ4n) is 2.05. The molecule has 0 fully saturated rings. The number of carbonyl (C=O) groups excluding carboxylic acids is 2. The second-order valence-corrected chi connectivity index (χ2v) is 5.34. The third-order valence-electron chi connectivity index (χ3n) is 3.28. The molecular weight excluding hydrogens is 360 g/mol. The van der Waals surface area contributed by atoms with Gasteiger partial charge in [-0.25, -0.2) is 8.78 Å². The minimum absolute atomic E-state index is 0.0641. The molecule has 27 heavy (non-hydrogen) atoms. The highest BCUT2D eigenvalue weighted by Gasteiger charge is 2.11. The molecule has 0 unspecified atom stereocenters. The minimum Gasteiger partial charge on any atom is -0.494 e. The number of hydrogen-bond donors (Lipinski definition) is 1. The predicted molar refractivity (Wildman–Crippen MR) is 93.7 cm³/mol. The summed E-state index contributed by atoms with van der Waals surface area (Å²) in [5.74, 6) is -1.77. The summed E-state index contributed by atoms with van der Waals surface area (Å²) in [5.41, 5.74) is -0.198. The molecule has 2 aromatic carbocycles. The van der Waals surface area contributed by atoms with Crippen LogP contribution in [0.5, 0.6) is 11.5 Å². The SMILES string of the molecule is CCOc1ccc(OCCC(=O)OCC(=O)Nc2ccc(F)cc2F)cc1. The first-order valence-corrected chi connectivity index (χ1v) is 8.24. The summed E-state index contributed by atoms with van der Waals surface area (Å²) < 4.78 is 41.7. The zero-order valence-electron chi connectivity index (χ0n) is 14.7. The first kappa shape index (κ1) is 20.2. The standard InChI is InChI=1S/C19H19F2NO5/c1-2-25-14-4-6-15(7-5-14)26-10-9-19(24)27-12-18(23)22-17-8-3-13(20)11-16(17)21/h3-8,11H,2,9-10,12H2,1H3,(H,22,23). The van der Waals surface area contributed by atoms with Crippen LogP contribution in [-0.2, 0) is 14.3 Å². The predicted octanol–water partition coefficient (Wildman–Crippen LogP) is 3.31. The van der Waals surface area contributed by atoms with Crippen LogP contribution in [0.2, 0.25) is 0 Å². The fraction of sp³-hybridized carbons (Fsp3) is 0.263. The average molecular weight is 379 g/mol. The molecule has 0 aliphatic heterocycles. The molecule has 0 saturated carbocycles. The second-order valence-electron chi connectivity index (χ2n) is 5.34. The van der Waals surface area contributed by atoms with Gasteiger partial charge in [0.1, 0.15) is 23.1 Å². The average Bonchev–Trinajstić information content (AvgIpc) is 2.64. The molecule has 8 heteroatoms. The van der Waals surface area contributed by atoms with E-state index in [0.29, 0.717) is 24.2 Å². The first-order chi connectivity index (χ1) is 13.0. The molecule has 0 aliphatic carbocycles. The summed E-state index contributed by atoms with van der Waals surface area (Å²) in [6.45, 7) is 1.93. The molecule has 0 aromatic heterocycles. The van der Waals surface area contributed by atoms with Gasteiger partial charge in [-0.05, 0) is 43.3 Å². The monoisotopic (exact) mass is 379 g/mol. The molecule has 0 radical (unpaired) electrons. The zero-order valence-corrected chi connectivity index (χ0v) is 14.7. The summed E-state index contributed by atoms with van der Waals surface area (Å²) in [6.07, 6.45) is -0.0641. The first-order valence-electron chi connectivity index (χ1n) is 8.24. The molecule has 2 rings (SSSR count). The maximum atomic E-state index is 13.4. The Balaban J connectivity index is 1.67. The lowest BCUT2D eigenvalue weighted by Crippen LogP contribution is -2.22. The van der Waals surface area contributed by atoms with Crippen LogP contribution in [0.4, 0.5) is 14.5 Å². The van der Waals surface area contributed by atoms with E-state index in [4.69, 9.17) is 14.2 Å². The fourth-order valence-corrected chi connectivity index (χ4v) is 2.05. The maximum absolute atomic E-state index is 13.4. The van der Waals surface area contributed by atoms with Crippen LogP contribution < -0.4 is 14.8 Å². The number of anilines is 1. The van der Waals surface area contributed by atoms with Gasteiger partial charge in [0, 0.05) is 6.07 Å². The van der Waals surface area contributed by atoms with E-state index in [1.807, 2.05) is 6.92 Å². The van der Waals surface area contributed by atoms with Crippen LogP contribution in [0, 0.1) is 11.6 Å². The van der Waals surface area contributed by atoms with Crippen molar-refractivity contribution >= 4 is 17.6 Å². The van der Waals surface area contributed by atoms with Crippen molar-refractivity contribution in [1.82, 2.24) is 0 Å². The molecule has 0 atom stereocenters. The molecule has 0 bridgehead atoms. The highest BCUT2D eigenvalue weighted by atomic mass is 19.1.